The van der Waals surface area contributed by atoms with E-state index in [0.29, 0.717) is 6.20 Å². The average molecular weight is 402 g/mol. The van der Waals surface area contributed by atoms with Gasteiger partial charge in [0.15, 0.2) is 12.2 Å². The van der Waals surface area contributed by atoms with E-state index in [1.54, 1.807) is 0 Å². The van der Waals surface area contributed by atoms with Crippen molar-refractivity contribution < 1.29 is 43.0 Å². The van der Waals surface area contributed by atoms with Crippen molar-refractivity contribution in [3.63, 3.8) is 0 Å². The molecule has 1 fully saturated rings. The standard InChI is InChI=1S/C16H22N2O10/c1-8(19)17-14-12(5-6-18(23)24)28-13(7-25-9(2)20)15(26-10(3)21)16(14)27-11(4)22/h5-6,12-16H,7H2,1-4H3,(H,17,19)/b6-5+/t12-,13+,14-,15+,16+/m0/s1. The van der Waals surface area contributed by atoms with Crippen LogP contribution in [0.3, 0.4) is 0 Å². The number of esters is 3. The van der Waals surface area contributed by atoms with E-state index in [-0.39, 0.29) is 6.61 Å². The summed E-state index contributed by atoms with van der Waals surface area (Å²) in [4.78, 5) is 55.8. The van der Waals surface area contributed by atoms with Gasteiger partial charge in [0, 0.05) is 33.8 Å². The van der Waals surface area contributed by atoms with Gasteiger partial charge >= 0.3 is 17.9 Å². The van der Waals surface area contributed by atoms with Gasteiger partial charge in [0.2, 0.25) is 12.1 Å². The number of rotatable bonds is 7. The molecule has 0 radical (unpaired) electrons. The Kier molecular flexibility index (Phi) is 8.51. The first kappa shape index (κ1) is 23.0. The lowest BCUT2D eigenvalue weighted by Crippen LogP contribution is -2.65. The van der Waals surface area contributed by atoms with Gasteiger partial charge in [-0.1, -0.05) is 0 Å². The van der Waals surface area contributed by atoms with Gasteiger partial charge in [0.25, 0.3) is 0 Å². The molecule has 12 heteroatoms. The summed E-state index contributed by atoms with van der Waals surface area (Å²) in [5.41, 5.74) is 0. The van der Waals surface area contributed by atoms with Crippen LogP contribution < -0.4 is 5.32 Å². The molecule has 1 saturated heterocycles. The highest BCUT2D eigenvalue weighted by Gasteiger charge is 2.50. The third kappa shape index (κ3) is 7.31. The summed E-state index contributed by atoms with van der Waals surface area (Å²) in [6, 6.07) is -1.10. The Morgan fingerprint density at radius 3 is 2.07 bits per heavy atom. The summed E-state index contributed by atoms with van der Waals surface area (Å²) in [6.07, 6.45) is -3.09. The number of carbonyl (C=O) groups excluding carboxylic acids is 4. The molecule has 0 saturated carbocycles. The highest BCUT2D eigenvalue weighted by atomic mass is 16.6. The van der Waals surface area contributed by atoms with Crippen LogP contribution in [0.2, 0.25) is 0 Å². The molecule has 1 heterocycles. The van der Waals surface area contributed by atoms with Crippen LogP contribution in [-0.2, 0) is 38.1 Å². The molecule has 1 aliphatic rings. The molecule has 1 rings (SSSR count). The third-order valence-electron chi connectivity index (χ3n) is 3.55. The van der Waals surface area contributed by atoms with Gasteiger partial charge in [0.1, 0.15) is 18.8 Å². The van der Waals surface area contributed by atoms with Crippen LogP contribution >= 0.6 is 0 Å². The van der Waals surface area contributed by atoms with Gasteiger partial charge in [-0.2, -0.15) is 0 Å². The monoisotopic (exact) mass is 402 g/mol. The van der Waals surface area contributed by atoms with Crippen LogP contribution in [0.5, 0.6) is 0 Å². The lowest BCUT2D eigenvalue weighted by molar-refractivity contribution is -0.403. The summed E-state index contributed by atoms with van der Waals surface area (Å²) < 4.78 is 21.0. The molecule has 0 aromatic carbocycles. The van der Waals surface area contributed by atoms with Gasteiger partial charge in [-0.25, -0.2) is 0 Å². The Bertz CT molecular complexity index is 662. The van der Waals surface area contributed by atoms with Crippen molar-refractivity contribution in [3.8, 4) is 0 Å². The van der Waals surface area contributed by atoms with Crippen LogP contribution in [0.1, 0.15) is 27.7 Å². The number of nitrogens with one attached hydrogen (secondary N) is 1. The number of ether oxygens (including phenoxy) is 4. The van der Waals surface area contributed by atoms with Crippen LogP contribution in [0.15, 0.2) is 12.3 Å². The first-order valence-electron chi connectivity index (χ1n) is 8.23. The molecule has 0 spiro atoms. The van der Waals surface area contributed by atoms with E-state index in [4.69, 9.17) is 18.9 Å². The Labute approximate surface area is 160 Å². The smallest absolute Gasteiger partial charge is 0.303 e. The Balaban J connectivity index is 3.34. The molecule has 0 aromatic rings. The maximum atomic E-state index is 11.6. The van der Waals surface area contributed by atoms with Crippen molar-refractivity contribution in [2.75, 3.05) is 6.61 Å². The molecular formula is C16H22N2O10. The molecule has 0 unspecified atom stereocenters. The molecule has 5 atom stereocenters. The first-order valence-corrected chi connectivity index (χ1v) is 8.23. The Morgan fingerprint density at radius 1 is 1.04 bits per heavy atom. The second-order valence-corrected chi connectivity index (χ2v) is 5.94. The SMILES string of the molecule is CC(=O)N[C@@H]1[C@@H](OC(C)=O)[C@H](OC(C)=O)[C@@H](COC(C)=O)O[C@H]1/C=C/[N+](=O)[O-]. The summed E-state index contributed by atoms with van der Waals surface area (Å²) in [5.74, 6) is -2.66. The largest absolute Gasteiger partial charge is 0.463 e. The fraction of sp³-hybridized carbons (Fsp3) is 0.625. The van der Waals surface area contributed by atoms with E-state index >= 15 is 0 Å². The minimum atomic E-state index is -1.25. The highest BCUT2D eigenvalue weighted by Crippen LogP contribution is 2.28. The number of hydrogen-bond acceptors (Lipinski definition) is 10. The van der Waals surface area contributed by atoms with Crippen molar-refractivity contribution in [2.45, 2.75) is 58.2 Å². The fourth-order valence-corrected chi connectivity index (χ4v) is 2.69. The van der Waals surface area contributed by atoms with E-state index in [1.807, 2.05) is 0 Å². The minimum Gasteiger partial charge on any atom is -0.463 e. The first-order chi connectivity index (χ1) is 13.0. The average Bonchev–Trinajstić information content (AvgIpc) is 2.54. The molecule has 1 aliphatic heterocycles. The minimum absolute atomic E-state index is 0.374. The third-order valence-corrected chi connectivity index (χ3v) is 3.55. The topological polar surface area (TPSA) is 160 Å². The normalized spacial score (nSPS) is 26.9. The predicted molar refractivity (Wildman–Crippen MR) is 90.1 cm³/mol. The van der Waals surface area contributed by atoms with Crippen molar-refractivity contribution >= 4 is 23.8 Å². The summed E-state index contributed by atoms with van der Waals surface area (Å²) in [5, 5.41) is 13.2. The van der Waals surface area contributed by atoms with Crippen LogP contribution in [0.4, 0.5) is 0 Å². The molecule has 156 valence electrons. The lowest BCUT2D eigenvalue weighted by Gasteiger charge is -2.44. The van der Waals surface area contributed by atoms with Gasteiger partial charge in [0.05, 0.1) is 11.0 Å². The zero-order valence-electron chi connectivity index (χ0n) is 15.8. The summed E-state index contributed by atoms with van der Waals surface area (Å²) in [6.45, 7) is 4.18. The fourth-order valence-electron chi connectivity index (χ4n) is 2.69. The van der Waals surface area contributed by atoms with Crippen LogP contribution in [-0.4, -0.2) is 65.8 Å². The maximum absolute atomic E-state index is 11.6. The second kappa shape index (κ2) is 10.3. The van der Waals surface area contributed by atoms with E-state index < -0.39 is 59.2 Å². The zero-order valence-corrected chi connectivity index (χ0v) is 15.8. The number of hydrogen-bond donors (Lipinski definition) is 1. The molecule has 0 bridgehead atoms. The van der Waals surface area contributed by atoms with E-state index in [9.17, 15) is 29.3 Å². The highest BCUT2D eigenvalue weighted by molar-refractivity contribution is 5.74. The molecule has 28 heavy (non-hydrogen) atoms. The Hall–Kier alpha value is -3.02. The van der Waals surface area contributed by atoms with E-state index in [0.717, 1.165) is 26.8 Å². The van der Waals surface area contributed by atoms with E-state index in [2.05, 4.69) is 5.32 Å². The number of carbonyl (C=O) groups is 4. The van der Waals surface area contributed by atoms with E-state index in [1.165, 1.54) is 6.92 Å². The summed E-state index contributed by atoms with van der Waals surface area (Å²) >= 11 is 0. The van der Waals surface area contributed by atoms with Crippen LogP contribution in [0, 0.1) is 10.1 Å². The number of nitrogens with zero attached hydrogens (tertiary/aromatic N) is 1. The second-order valence-electron chi connectivity index (χ2n) is 5.94. The summed E-state index contributed by atoms with van der Waals surface area (Å²) in [7, 11) is 0. The van der Waals surface area contributed by atoms with Gasteiger partial charge in [-0.3, -0.25) is 29.3 Å². The molecular weight excluding hydrogens is 380 g/mol. The van der Waals surface area contributed by atoms with Crippen molar-refractivity contribution in [1.29, 1.82) is 0 Å². The quantitative estimate of drug-likeness (QED) is 0.254. The van der Waals surface area contributed by atoms with Gasteiger partial charge in [-0.15, -0.1) is 0 Å². The molecule has 1 N–H and O–H groups in total. The molecule has 1 amide bonds. The molecule has 0 aromatic heterocycles. The molecule has 0 aliphatic carbocycles. The van der Waals surface area contributed by atoms with Crippen molar-refractivity contribution in [1.82, 2.24) is 5.32 Å². The molecule has 12 nitrogen and oxygen atoms in total. The van der Waals surface area contributed by atoms with Crippen LogP contribution in [0.25, 0.3) is 0 Å². The van der Waals surface area contributed by atoms with Crippen molar-refractivity contribution in [3.05, 3.63) is 22.4 Å². The van der Waals surface area contributed by atoms with Gasteiger partial charge < -0.3 is 24.3 Å². The van der Waals surface area contributed by atoms with Gasteiger partial charge in [-0.05, 0) is 0 Å². The van der Waals surface area contributed by atoms with Crippen molar-refractivity contribution in [2.24, 2.45) is 0 Å². The number of nitro groups is 1. The zero-order chi connectivity index (χ0) is 21.4. The lowest BCUT2D eigenvalue weighted by atomic mass is 9.92. The predicted octanol–water partition coefficient (Wildman–Crippen LogP) is -0.525. The number of amides is 1. The maximum Gasteiger partial charge on any atom is 0.303 e. The Morgan fingerprint density at radius 2 is 1.61 bits per heavy atom.